The highest BCUT2D eigenvalue weighted by Crippen LogP contribution is 2.36. The number of carbonyl (C=O) groups is 1. The third-order valence-electron chi connectivity index (χ3n) is 1.71. The number of nitrogens with one attached hydrogen (secondary N) is 1. The molecule has 7 nitrogen and oxygen atoms in total. The Morgan fingerprint density at radius 2 is 2.12 bits per heavy atom. The highest BCUT2D eigenvalue weighted by atomic mass is 31.2. The lowest BCUT2D eigenvalue weighted by atomic mass is 10.2. The fraction of sp³-hybridized carbons (Fsp3) is 0.875. The minimum Gasteiger partial charge on any atom is -0.453 e. The van der Waals surface area contributed by atoms with Gasteiger partial charge in [0.15, 0.2) is 0 Å². The zero-order valence-electron chi connectivity index (χ0n) is 9.38. The molecule has 0 rings (SSSR count). The van der Waals surface area contributed by atoms with Crippen LogP contribution in [0.3, 0.4) is 0 Å². The van der Waals surface area contributed by atoms with Crippen LogP contribution in [0.5, 0.6) is 0 Å². The molecule has 16 heavy (non-hydrogen) atoms. The molecule has 0 aliphatic heterocycles. The van der Waals surface area contributed by atoms with Crippen molar-refractivity contribution in [3.8, 4) is 0 Å². The molecule has 0 saturated carbocycles. The zero-order chi connectivity index (χ0) is 12.6. The van der Waals surface area contributed by atoms with E-state index in [1.165, 1.54) is 7.11 Å². The van der Waals surface area contributed by atoms with Crippen molar-refractivity contribution in [2.45, 2.75) is 18.9 Å². The fourth-order valence-electron chi connectivity index (χ4n) is 0.915. The van der Waals surface area contributed by atoms with Crippen LogP contribution in [0.25, 0.3) is 0 Å². The minimum atomic E-state index is -3.47. The maximum Gasteiger partial charge on any atom is 0.406 e. The second-order valence-electron chi connectivity index (χ2n) is 3.29. The summed E-state index contributed by atoms with van der Waals surface area (Å²) in [5, 5.41) is 11.8. The zero-order valence-corrected chi connectivity index (χ0v) is 10.3. The Labute approximate surface area is 94.3 Å². The predicted octanol–water partition coefficient (Wildman–Crippen LogP) is 0.315. The van der Waals surface area contributed by atoms with Crippen LogP contribution < -0.4 is 5.32 Å². The van der Waals surface area contributed by atoms with Gasteiger partial charge in [0.25, 0.3) is 0 Å². The molecule has 0 aromatic carbocycles. The van der Waals surface area contributed by atoms with Gasteiger partial charge in [-0.15, -0.1) is 0 Å². The Balaban J connectivity index is 3.48. The van der Waals surface area contributed by atoms with Crippen molar-refractivity contribution in [1.29, 1.82) is 0 Å². The maximum absolute atomic E-state index is 10.7. The van der Waals surface area contributed by atoms with Gasteiger partial charge in [-0.3, -0.25) is 4.57 Å². The average Bonchev–Trinajstić information content (AvgIpc) is 2.15. The highest BCUT2D eigenvalue weighted by Gasteiger charge is 2.11. The summed E-state index contributed by atoms with van der Waals surface area (Å²) in [5.41, 5.74) is 0. The van der Waals surface area contributed by atoms with Crippen molar-refractivity contribution in [2.75, 3.05) is 26.9 Å². The molecule has 2 unspecified atom stereocenters. The summed E-state index contributed by atoms with van der Waals surface area (Å²) < 4.78 is 19.6. The van der Waals surface area contributed by atoms with E-state index in [1.807, 2.05) is 0 Å². The van der Waals surface area contributed by atoms with Crippen molar-refractivity contribution in [1.82, 2.24) is 5.32 Å². The first kappa shape index (κ1) is 15.4. The molecule has 1 amide bonds. The van der Waals surface area contributed by atoms with Gasteiger partial charge in [-0.1, -0.05) is 0 Å². The van der Waals surface area contributed by atoms with Crippen LogP contribution in [0.4, 0.5) is 4.79 Å². The van der Waals surface area contributed by atoms with E-state index in [9.17, 15) is 14.5 Å². The molecule has 0 heterocycles. The summed E-state index contributed by atoms with van der Waals surface area (Å²) in [5.74, 6) is 0. The second kappa shape index (κ2) is 7.62. The molecule has 96 valence electrons. The molecule has 0 bridgehead atoms. The molecule has 0 fully saturated rings. The van der Waals surface area contributed by atoms with Crippen LogP contribution in [0.1, 0.15) is 12.8 Å². The summed E-state index contributed by atoms with van der Waals surface area (Å²) in [6, 6.07) is 0. The van der Waals surface area contributed by atoms with Gasteiger partial charge in [-0.2, -0.15) is 0 Å². The Kier molecular flexibility index (Phi) is 7.33. The van der Waals surface area contributed by atoms with Crippen LogP contribution in [0.2, 0.25) is 0 Å². The van der Waals surface area contributed by atoms with Crippen molar-refractivity contribution < 1.29 is 28.6 Å². The minimum absolute atomic E-state index is 0.00364. The van der Waals surface area contributed by atoms with Crippen LogP contribution in [-0.4, -0.2) is 49.1 Å². The molecule has 0 aliphatic carbocycles. The summed E-state index contributed by atoms with van der Waals surface area (Å²) in [6.45, 7) is 1.36. The van der Waals surface area contributed by atoms with E-state index >= 15 is 0 Å². The first-order valence-corrected chi connectivity index (χ1v) is 6.82. The van der Waals surface area contributed by atoms with Crippen molar-refractivity contribution in [3.05, 3.63) is 0 Å². The number of ether oxygens (including phenoxy) is 1. The highest BCUT2D eigenvalue weighted by molar-refractivity contribution is 7.51. The number of aliphatic hydroxyl groups excluding tert-OH is 1. The van der Waals surface area contributed by atoms with Gasteiger partial charge in [0.05, 0.1) is 19.8 Å². The Morgan fingerprint density at radius 1 is 1.50 bits per heavy atom. The molecule has 0 aliphatic rings. The molecule has 0 spiro atoms. The third-order valence-corrected chi connectivity index (χ3v) is 2.38. The number of alkyl carbamates (subject to hydrolysis) is 1. The number of hydrogen-bond acceptors (Lipinski definition) is 5. The number of rotatable bonds is 7. The summed E-state index contributed by atoms with van der Waals surface area (Å²) in [7, 11) is -2.22. The number of carbonyl (C=O) groups excluding carboxylic acids is 1. The van der Waals surface area contributed by atoms with Crippen molar-refractivity contribution in [3.63, 3.8) is 0 Å². The molecule has 3 N–H and O–H groups in total. The predicted molar refractivity (Wildman–Crippen MR) is 57.3 cm³/mol. The molecule has 0 aromatic heterocycles. The van der Waals surface area contributed by atoms with E-state index in [0.29, 0.717) is 6.42 Å². The lowest BCUT2D eigenvalue weighted by Crippen LogP contribution is -2.27. The molecule has 8 heteroatoms. The Hall–Kier alpha value is -0.620. The standard InChI is InChI=1S/C8H18NO6P/c1-14-8(11)9-5-3-7(10)4-6-15-16(2,12)13/h7,10H,3-6H2,1-2H3,(H,9,11)(H,12,13). The van der Waals surface area contributed by atoms with E-state index in [1.54, 1.807) is 0 Å². The van der Waals surface area contributed by atoms with Gasteiger partial charge in [-0.25, -0.2) is 4.79 Å². The average molecular weight is 255 g/mol. The Bertz CT molecular complexity index is 253. The van der Waals surface area contributed by atoms with E-state index in [4.69, 9.17) is 4.89 Å². The third kappa shape index (κ3) is 9.92. The smallest absolute Gasteiger partial charge is 0.406 e. The van der Waals surface area contributed by atoms with Crippen molar-refractivity contribution in [2.24, 2.45) is 0 Å². The number of hydrogen-bond donors (Lipinski definition) is 3. The normalized spacial score (nSPS) is 16.2. The van der Waals surface area contributed by atoms with Crippen LogP contribution in [0, 0.1) is 0 Å². The molecule has 2 atom stereocenters. The Morgan fingerprint density at radius 3 is 2.62 bits per heavy atom. The fourth-order valence-corrected chi connectivity index (χ4v) is 1.36. The van der Waals surface area contributed by atoms with Crippen LogP contribution in [-0.2, 0) is 13.8 Å². The lowest BCUT2D eigenvalue weighted by molar-refractivity contribution is 0.125. The first-order valence-electron chi connectivity index (χ1n) is 4.80. The molecule has 0 aromatic rings. The van der Waals surface area contributed by atoms with Gasteiger partial charge in [-0.05, 0) is 12.8 Å². The van der Waals surface area contributed by atoms with Gasteiger partial charge in [0.2, 0.25) is 0 Å². The maximum atomic E-state index is 10.7. The number of aliphatic hydroxyl groups is 1. The van der Waals surface area contributed by atoms with Crippen LogP contribution >= 0.6 is 7.60 Å². The quantitative estimate of drug-likeness (QED) is 0.566. The van der Waals surface area contributed by atoms with Gasteiger partial charge in [0, 0.05) is 13.2 Å². The summed E-state index contributed by atoms with van der Waals surface area (Å²) in [6.07, 6.45) is -0.681. The van der Waals surface area contributed by atoms with Gasteiger partial charge in [0.1, 0.15) is 0 Å². The van der Waals surface area contributed by atoms with E-state index in [0.717, 1.165) is 6.66 Å². The van der Waals surface area contributed by atoms with E-state index in [-0.39, 0.29) is 19.6 Å². The van der Waals surface area contributed by atoms with Crippen molar-refractivity contribution >= 4 is 13.7 Å². The van der Waals surface area contributed by atoms with Crippen LogP contribution in [0.15, 0.2) is 0 Å². The second-order valence-corrected chi connectivity index (χ2v) is 5.15. The van der Waals surface area contributed by atoms with Gasteiger partial charge < -0.3 is 24.6 Å². The molecule has 0 saturated heterocycles. The van der Waals surface area contributed by atoms with E-state index in [2.05, 4.69) is 14.6 Å². The SMILES string of the molecule is COC(=O)NCCC(O)CCOP(C)(=O)O. The van der Waals surface area contributed by atoms with E-state index < -0.39 is 19.8 Å². The number of methoxy groups -OCH3 is 1. The molecule has 0 radical (unpaired) electrons. The summed E-state index contributed by atoms with van der Waals surface area (Å²) in [4.78, 5) is 19.4. The largest absolute Gasteiger partial charge is 0.453 e. The monoisotopic (exact) mass is 255 g/mol. The first-order chi connectivity index (χ1) is 7.35. The topological polar surface area (TPSA) is 105 Å². The lowest BCUT2D eigenvalue weighted by Gasteiger charge is -2.12. The van der Waals surface area contributed by atoms with Gasteiger partial charge >= 0.3 is 13.7 Å². The molecular formula is C8H18NO6P. The molecular weight excluding hydrogens is 237 g/mol. The number of amides is 1. The summed E-state index contributed by atoms with van der Waals surface area (Å²) >= 11 is 0.